The number of nitrogens with zero attached hydrogens (tertiary/aromatic N) is 3. The molecule has 4 aromatic heterocycles. The van der Waals surface area contributed by atoms with Crippen molar-refractivity contribution in [2.24, 2.45) is 0 Å². The Hall–Kier alpha value is -6.49. The molecule has 238 valence electrons. The Balaban J connectivity index is 1.16. The zero-order valence-electron chi connectivity index (χ0n) is 27.5. The molecule has 0 unspecified atom stereocenters. The fourth-order valence-corrected chi connectivity index (χ4v) is 9.28. The Morgan fingerprint density at radius 2 is 1.00 bits per heavy atom. The van der Waals surface area contributed by atoms with Crippen LogP contribution in [0.25, 0.3) is 97.7 Å². The predicted octanol–water partition coefficient (Wildman–Crippen LogP) is 13.0. The Bertz CT molecular complexity index is 3110. The van der Waals surface area contributed by atoms with Crippen molar-refractivity contribution >= 4 is 75.1 Å². The van der Waals surface area contributed by atoms with Gasteiger partial charge in [-0.15, -0.1) is 11.3 Å². The first-order valence-electron chi connectivity index (χ1n) is 17.3. The zero-order chi connectivity index (χ0) is 33.5. The molecule has 51 heavy (non-hydrogen) atoms. The highest BCUT2D eigenvalue weighted by Crippen LogP contribution is 2.45. The van der Waals surface area contributed by atoms with E-state index in [1.54, 1.807) is 0 Å². The molecular formula is C47H29N3S. The first kappa shape index (κ1) is 28.4. The number of thiophene rings is 1. The van der Waals surface area contributed by atoms with E-state index in [0.29, 0.717) is 0 Å². The fraction of sp³-hybridized carbons (Fsp3) is 0. The minimum atomic E-state index is 0.965. The highest BCUT2D eigenvalue weighted by atomic mass is 32.1. The Morgan fingerprint density at radius 3 is 1.80 bits per heavy atom. The van der Waals surface area contributed by atoms with Gasteiger partial charge in [0.1, 0.15) is 0 Å². The highest BCUT2D eigenvalue weighted by molar-refractivity contribution is 7.26. The van der Waals surface area contributed by atoms with Gasteiger partial charge >= 0.3 is 0 Å². The van der Waals surface area contributed by atoms with Crippen LogP contribution < -0.4 is 0 Å². The van der Waals surface area contributed by atoms with Crippen molar-refractivity contribution in [2.45, 2.75) is 0 Å². The van der Waals surface area contributed by atoms with Crippen LogP contribution in [0.5, 0.6) is 0 Å². The molecule has 0 N–H and O–H groups in total. The van der Waals surface area contributed by atoms with Crippen molar-refractivity contribution in [1.82, 2.24) is 14.1 Å². The van der Waals surface area contributed by atoms with E-state index in [-0.39, 0.29) is 0 Å². The highest BCUT2D eigenvalue weighted by Gasteiger charge is 2.21. The van der Waals surface area contributed by atoms with Crippen LogP contribution in [-0.4, -0.2) is 14.1 Å². The quantitative estimate of drug-likeness (QED) is 0.183. The van der Waals surface area contributed by atoms with Crippen molar-refractivity contribution in [3.8, 4) is 33.9 Å². The first-order chi connectivity index (χ1) is 25.3. The normalized spacial score (nSPS) is 11.9. The van der Waals surface area contributed by atoms with E-state index in [1.807, 2.05) is 17.4 Å². The lowest BCUT2D eigenvalue weighted by molar-refractivity contribution is 1.16. The van der Waals surface area contributed by atoms with Gasteiger partial charge in [-0.3, -0.25) is 0 Å². The number of pyridine rings is 1. The minimum Gasteiger partial charge on any atom is -0.309 e. The molecule has 3 nitrogen and oxygen atoms in total. The maximum atomic E-state index is 5.03. The van der Waals surface area contributed by atoms with E-state index < -0.39 is 0 Å². The summed E-state index contributed by atoms with van der Waals surface area (Å²) in [6, 6.07) is 63.4. The molecule has 0 aliphatic heterocycles. The van der Waals surface area contributed by atoms with Gasteiger partial charge in [-0.25, -0.2) is 4.98 Å². The average Bonchev–Trinajstić information content (AvgIpc) is 3.85. The van der Waals surface area contributed by atoms with E-state index >= 15 is 0 Å². The van der Waals surface area contributed by atoms with Gasteiger partial charge in [0.15, 0.2) is 0 Å². The van der Waals surface area contributed by atoms with Crippen LogP contribution >= 0.6 is 11.3 Å². The van der Waals surface area contributed by atoms with E-state index in [0.717, 1.165) is 33.9 Å². The lowest BCUT2D eigenvalue weighted by atomic mass is 10.1. The van der Waals surface area contributed by atoms with Crippen molar-refractivity contribution < 1.29 is 0 Å². The molecule has 0 aliphatic rings. The standard InChI is InChI=1S/C47H29N3S/c1-3-12-30(13-4-1)39-18-11-19-40(48-39)31-22-24-33(25-23-31)49-41-20-9-7-16-34(41)37-28-38-44(29-43(37)49)50(32-14-5-2-6-15-32)42-27-26-36-35-17-8-10-21-45(35)51-47(36)46(38)42/h1-29H. The maximum absolute atomic E-state index is 5.03. The molecule has 0 amide bonds. The van der Waals surface area contributed by atoms with E-state index in [9.17, 15) is 0 Å². The number of para-hydroxylation sites is 2. The Morgan fingerprint density at radius 1 is 0.373 bits per heavy atom. The summed E-state index contributed by atoms with van der Waals surface area (Å²) in [4.78, 5) is 5.03. The molecule has 0 saturated carbocycles. The third-order valence-corrected chi connectivity index (χ3v) is 11.5. The second-order valence-corrected chi connectivity index (χ2v) is 14.2. The van der Waals surface area contributed by atoms with Crippen molar-refractivity contribution in [1.29, 1.82) is 0 Å². The maximum Gasteiger partial charge on any atom is 0.0709 e. The van der Waals surface area contributed by atoms with Crippen LogP contribution in [0.4, 0.5) is 0 Å². The molecule has 0 saturated heterocycles. The minimum absolute atomic E-state index is 0.965. The smallest absolute Gasteiger partial charge is 0.0709 e. The van der Waals surface area contributed by atoms with Crippen LogP contribution in [0.3, 0.4) is 0 Å². The summed E-state index contributed by atoms with van der Waals surface area (Å²) in [5.74, 6) is 0. The lowest BCUT2D eigenvalue weighted by Gasteiger charge is -2.11. The zero-order valence-corrected chi connectivity index (χ0v) is 28.3. The number of rotatable bonds is 4. The van der Waals surface area contributed by atoms with Crippen LogP contribution in [0.2, 0.25) is 0 Å². The van der Waals surface area contributed by atoms with Gasteiger partial charge in [0.05, 0.1) is 33.5 Å². The number of aromatic nitrogens is 3. The van der Waals surface area contributed by atoms with Crippen LogP contribution in [-0.2, 0) is 0 Å². The molecule has 0 bridgehead atoms. The van der Waals surface area contributed by atoms with Gasteiger partial charge in [0.2, 0.25) is 0 Å². The van der Waals surface area contributed by atoms with Crippen LogP contribution in [0.15, 0.2) is 176 Å². The number of fused-ring (bicyclic) bond motifs is 10. The topological polar surface area (TPSA) is 22.8 Å². The molecule has 0 spiro atoms. The van der Waals surface area contributed by atoms with Gasteiger partial charge in [0.25, 0.3) is 0 Å². The second-order valence-electron chi connectivity index (χ2n) is 13.2. The number of benzene rings is 7. The monoisotopic (exact) mass is 667 g/mol. The van der Waals surface area contributed by atoms with Crippen LogP contribution in [0.1, 0.15) is 0 Å². The van der Waals surface area contributed by atoms with E-state index in [1.165, 1.54) is 63.8 Å². The summed E-state index contributed by atoms with van der Waals surface area (Å²) in [7, 11) is 0. The lowest BCUT2D eigenvalue weighted by Crippen LogP contribution is -1.96. The molecule has 0 atom stereocenters. The summed E-state index contributed by atoms with van der Waals surface area (Å²) in [6.45, 7) is 0. The summed E-state index contributed by atoms with van der Waals surface area (Å²) in [5.41, 5.74) is 11.3. The van der Waals surface area contributed by atoms with E-state index in [2.05, 4.69) is 179 Å². The Labute approximate surface area is 297 Å². The van der Waals surface area contributed by atoms with Crippen molar-refractivity contribution in [3.05, 3.63) is 176 Å². The molecule has 11 rings (SSSR count). The Kier molecular flexibility index (Phi) is 6.12. The fourth-order valence-electron chi connectivity index (χ4n) is 8.02. The number of hydrogen-bond donors (Lipinski definition) is 0. The summed E-state index contributed by atoms with van der Waals surface area (Å²) in [5, 5.41) is 7.75. The first-order valence-corrected chi connectivity index (χ1v) is 18.1. The largest absolute Gasteiger partial charge is 0.309 e. The number of hydrogen-bond acceptors (Lipinski definition) is 2. The van der Waals surface area contributed by atoms with Gasteiger partial charge in [-0.2, -0.15) is 0 Å². The second kappa shape index (κ2) is 11.0. The SMILES string of the molecule is c1ccc(-c2cccc(-c3ccc(-n4c5ccccc5c5cc6c7c8sc9ccccc9c8ccc7n(-c7ccccc7)c6cc54)cc3)n2)cc1. The van der Waals surface area contributed by atoms with Gasteiger partial charge in [0, 0.05) is 64.2 Å². The molecule has 0 aliphatic carbocycles. The third kappa shape index (κ3) is 4.27. The van der Waals surface area contributed by atoms with Gasteiger partial charge < -0.3 is 9.13 Å². The van der Waals surface area contributed by atoms with Crippen LogP contribution in [0, 0.1) is 0 Å². The van der Waals surface area contributed by atoms with Gasteiger partial charge in [-0.05, 0) is 66.7 Å². The van der Waals surface area contributed by atoms with E-state index in [4.69, 9.17) is 4.98 Å². The molecule has 0 fully saturated rings. The van der Waals surface area contributed by atoms with Crippen molar-refractivity contribution in [2.75, 3.05) is 0 Å². The molecule has 7 aromatic carbocycles. The molecule has 4 heteroatoms. The third-order valence-electron chi connectivity index (χ3n) is 10.3. The summed E-state index contributed by atoms with van der Waals surface area (Å²) >= 11 is 1.90. The summed E-state index contributed by atoms with van der Waals surface area (Å²) < 4.78 is 7.54. The average molecular weight is 668 g/mol. The molecular weight excluding hydrogens is 639 g/mol. The molecule has 4 heterocycles. The molecule has 0 radical (unpaired) electrons. The van der Waals surface area contributed by atoms with Gasteiger partial charge in [-0.1, -0.05) is 109 Å². The predicted molar refractivity (Wildman–Crippen MR) is 217 cm³/mol. The summed E-state index contributed by atoms with van der Waals surface area (Å²) in [6.07, 6.45) is 0. The molecule has 11 aromatic rings. The van der Waals surface area contributed by atoms with Crippen molar-refractivity contribution in [3.63, 3.8) is 0 Å².